The molecule has 1 rings (SSSR count). The van der Waals surface area contributed by atoms with Crippen LogP contribution in [0.2, 0.25) is 0 Å². The molecular weight excluding hydrogens is 160 g/mol. The third kappa shape index (κ3) is 1.71. The SMILES string of the molecule is CC(C)C(N(C)C)C1(C#N)CCC1. The molecule has 1 fully saturated rings. The van der Waals surface area contributed by atoms with Crippen molar-refractivity contribution >= 4 is 0 Å². The summed E-state index contributed by atoms with van der Waals surface area (Å²) in [6, 6.07) is 2.96. The molecule has 1 atom stereocenters. The van der Waals surface area contributed by atoms with Crippen LogP contribution in [0.25, 0.3) is 0 Å². The van der Waals surface area contributed by atoms with Gasteiger partial charge in [0.15, 0.2) is 0 Å². The van der Waals surface area contributed by atoms with Gasteiger partial charge in [0.1, 0.15) is 0 Å². The third-order valence-electron chi connectivity index (χ3n) is 3.22. The summed E-state index contributed by atoms with van der Waals surface area (Å²) < 4.78 is 0. The molecular formula is C11H20N2. The van der Waals surface area contributed by atoms with Crippen molar-refractivity contribution in [2.45, 2.75) is 39.2 Å². The zero-order valence-corrected chi connectivity index (χ0v) is 9.17. The van der Waals surface area contributed by atoms with Crippen molar-refractivity contribution in [3.8, 4) is 6.07 Å². The van der Waals surface area contributed by atoms with E-state index in [1.165, 1.54) is 6.42 Å². The molecule has 0 aromatic rings. The number of hydrogen-bond donors (Lipinski definition) is 0. The Hall–Kier alpha value is -0.550. The summed E-state index contributed by atoms with van der Waals surface area (Å²) in [4.78, 5) is 2.22. The van der Waals surface area contributed by atoms with Crippen LogP contribution in [0.5, 0.6) is 0 Å². The first-order valence-corrected chi connectivity index (χ1v) is 5.11. The standard InChI is InChI=1S/C11H20N2/c1-9(2)10(13(3)4)11(8-12)6-5-7-11/h9-10H,5-7H2,1-4H3. The number of hydrogen-bond acceptors (Lipinski definition) is 2. The highest BCUT2D eigenvalue weighted by molar-refractivity contribution is 5.11. The molecule has 0 heterocycles. The molecule has 1 aliphatic rings. The smallest absolute Gasteiger partial charge is 0.0731 e. The van der Waals surface area contributed by atoms with E-state index in [1.54, 1.807) is 0 Å². The zero-order valence-electron chi connectivity index (χ0n) is 9.17. The lowest BCUT2D eigenvalue weighted by Gasteiger charge is -2.47. The van der Waals surface area contributed by atoms with E-state index < -0.39 is 0 Å². The van der Waals surface area contributed by atoms with Gasteiger partial charge in [-0.25, -0.2) is 0 Å². The van der Waals surface area contributed by atoms with E-state index >= 15 is 0 Å². The topological polar surface area (TPSA) is 27.0 Å². The van der Waals surface area contributed by atoms with Gasteiger partial charge in [0.2, 0.25) is 0 Å². The van der Waals surface area contributed by atoms with Gasteiger partial charge >= 0.3 is 0 Å². The Kier molecular flexibility index (Phi) is 2.98. The summed E-state index contributed by atoms with van der Waals surface area (Å²) in [6.07, 6.45) is 3.40. The Morgan fingerprint density at radius 1 is 1.31 bits per heavy atom. The third-order valence-corrected chi connectivity index (χ3v) is 3.22. The van der Waals surface area contributed by atoms with E-state index in [0.717, 1.165) is 12.8 Å². The lowest BCUT2D eigenvalue weighted by Crippen LogP contribution is -2.50. The van der Waals surface area contributed by atoms with Crippen LogP contribution in [0.3, 0.4) is 0 Å². The van der Waals surface area contributed by atoms with Crippen molar-refractivity contribution in [3.63, 3.8) is 0 Å². The van der Waals surface area contributed by atoms with Crippen LogP contribution < -0.4 is 0 Å². The maximum atomic E-state index is 9.23. The summed E-state index contributed by atoms with van der Waals surface area (Å²) in [6.45, 7) is 4.42. The fourth-order valence-corrected chi connectivity index (χ4v) is 2.76. The summed E-state index contributed by atoms with van der Waals surface area (Å²) in [5.41, 5.74) is -0.0440. The van der Waals surface area contributed by atoms with Crippen molar-refractivity contribution in [1.82, 2.24) is 4.90 Å². The van der Waals surface area contributed by atoms with Gasteiger partial charge in [-0.1, -0.05) is 20.3 Å². The summed E-state index contributed by atoms with van der Waals surface area (Å²) in [5, 5.41) is 9.23. The number of nitrogens with zero attached hydrogens (tertiary/aromatic N) is 2. The second kappa shape index (κ2) is 3.67. The highest BCUT2D eigenvalue weighted by Gasteiger charge is 2.46. The molecule has 0 N–H and O–H groups in total. The quantitative estimate of drug-likeness (QED) is 0.666. The molecule has 1 aliphatic carbocycles. The van der Waals surface area contributed by atoms with Gasteiger partial charge in [-0.2, -0.15) is 5.26 Å². The molecule has 0 radical (unpaired) electrons. The van der Waals surface area contributed by atoms with Gasteiger partial charge in [-0.15, -0.1) is 0 Å². The van der Waals surface area contributed by atoms with Crippen LogP contribution in [0.15, 0.2) is 0 Å². The molecule has 13 heavy (non-hydrogen) atoms. The van der Waals surface area contributed by atoms with E-state index in [9.17, 15) is 5.26 Å². The van der Waals surface area contributed by atoms with Gasteiger partial charge in [0.25, 0.3) is 0 Å². The van der Waals surface area contributed by atoms with Gasteiger partial charge in [0, 0.05) is 6.04 Å². The minimum Gasteiger partial charge on any atom is -0.305 e. The predicted molar refractivity (Wildman–Crippen MR) is 54.2 cm³/mol. The van der Waals surface area contributed by atoms with Gasteiger partial charge in [0.05, 0.1) is 11.5 Å². The van der Waals surface area contributed by atoms with Crippen molar-refractivity contribution in [2.24, 2.45) is 11.3 Å². The van der Waals surface area contributed by atoms with Crippen LogP contribution in [-0.2, 0) is 0 Å². The van der Waals surface area contributed by atoms with Crippen molar-refractivity contribution in [1.29, 1.82) is 5.26 Å². The number of rotatable bonds is 3. The van der Waals surface area contributed by atoms with Crippen LogP contribution in [0, 0.1) is 22.7 Å². The maximum absolute atomic E-state index is 9.23. The Labute approximate surface area is 81.5 Å². The second-order valence-electron chi connectivity index (χ2n) is 4.77. The molecule has 0 saturated heterocycles. The lowest BCUT2D eigenvalue weighted by molar-refractivity contribution is 0.0443. The molecule has 0 aromatic carbocycles. The molecule has 74 valence electrons. The van der Waals surface area contributed by atoms with E-state index in [2.05, 4.69) is 38.9 Å². The van der Waals surface area contributed by atoms with Gasteiger partial charge < -0.3 is 4.90 Å². The van der Waals surface area contributed by atoms with Crippen LogP contribution >= 0.6 is 0 Å². The number of nitriles is 1. The van der Waals surface area contributed by atoms with E-state index in [0.29, 0.717) is 12.0 Å². The van der Waals surface area contributed by atoms with E-state index in [1.807, 2.05) is 0 Å². The molecule has 0 aliphatic heterocycles. The average molecular weight is 180 g/mol. The van der Waals surface area contributed by atoms with E-state index in [4.69, 9.17) is 0 Å². The van der Waals surface area contributed by atoms with Crippen molar-refractivity contribution in [3.05, 3.63) is 0 Å². The first-order chi connectivity index (χ1) is 6.03. The van der Waals surface area contributed by atoms with E-state index in [-0.39, 0.29) is 5.41 Å². The molecule has 2 nitrogen and oxygen atoms in total. The molecule has 1 saturated carbocycles. The summed E-state index contributed by atoms with van der Waals surface area (Å²) in [7, 11) is 4.17. The maximum Gasteiger partial charge on any atom is 0.0731 e. The molecule has 0 bridgehead atoms. The molecule has 0 spiro atoms. The van der Waals surface area contributed by atoms with Crippen LogP contribution in [0.4, 0.5) is 0 Å². The largest absolute Gasteiger partial charge is 0.305 e. The van der Waals surface area contributed by atoms with Crippen molar-refractivity contribution in [2.75, 3.05) is 14.1 Å². The molecule has 2 heteroatoms. The monoisotopic (exact) mass is 180 g/mol. The predicted octanol–water partition coefficient (Wildman–Crippen LogP) is 2.27. The Morgan fingerprint density at radius 2 is 1.85 bits per heavy atom. The van der Waals surface area contributed by atoms with Gasteiger partial charge in [-0.05, 0) is 32.9 Å². The van der Waals surface area contributed by atoms with Crippen LogP contribution in [0.1, 0.15) is 33.1 Å². The fourth-order valence-electron chi connectivity index (χ4n) is 2.76. The highest BCUT2D eigenvalue weighted by Crippen LogP contribution is 2.46. The minimum absolute atomic E-state index is 0.0440. The summed E-state index contributed by atoms with van der Waals surface area (Å²) in [5.74, 6) is 0.565. The normalized spacial score (nSPS) is 22.5. The first-order valence-electron chi connectivity index (χ1n) is 5.11. The van der Waals surface area contributed by atoms with Gasteiger partial charge in [-0.3, -0.25) is 0 Å². The zero-order chi connectivity index (χ0) is 10.1. The first kappa shape index (κ1) is 10.5. The molecule has 1 unspecified atom stereocenters. The Morgan fingerprint density at radius 3 is 1.92 bits per heavy atom. The molecule has 0 amide bonds. The van der Waals surface area contributed by atoms with Crippen molar-refractivity contribution < 1.29 is 0 Å². The Balaban J connectivity index is 2.80. The minimum atomic E-state index is -0.0440. The van der Waals surface area contributed by atoms with Crippen LogP contribution in [-0.4, -0.2) is 25.0 Å². The highest BCUT2D eigenvalue weighted by atomic mass is 15.1. The second-order valence-corrected chi connectivity index (χ2v) is 4.77. The average Bonchev–Trinajstić information content (AvgIpc) is 1.94. The Bertz CT molecular complexity index is 201. The molecule has 0 aromatic heterocycles. The summed E-state index contributed by atoms with van der Waals surface area (Å²) >= 11 is 0. The lowest BCUT2D eigenvalue weighted by atomic mass is 9.62. The fraction of sp³-hybridized carbons (Fsp3) is 0.909.